The topological polar surface area (TPSA) is 41.5 Å². The minimum absolute atomic E-state index is 0.0828. The van der Waals surface area contributed by atoms with Crippen LogP contribution in [0.1, 0.15) is 31.2 Å². The molecule has 0 saturated heterocycles. The molecular formula is C16H25NO2. The lowest BCUT2D eigenvalue weighted by Crippen LogP contribution is -2.44. The van der Waals surface area contributed by atoms with Gasteiger partial charge in [-0.3, -0.25) is 0 Å². The quantitative estimate of drug-likeness (QED) is 0.672. The molecule has 1 atom stereocenters. The SMILES string of the molecule is CNC(CO)(CCOCCC1CC1)c1ccccc1. The van der Waals surface area contributed by atoms with E-state index in [2.05, 4.69) is 17.4 Å². The van der Waals surface area contributed by atoms with Gasteiger partial charge >= 0.3 is 0 Å². The van der Waals surface area contributed by atoms with Crippen molar-refractivity contribution in [1.82, 2.24) is 5.32 Å². The highest BCUT2D eigenvalue weighted by atomic mass is 16.5. The van der Waals surface area contributed by atoms with Crippen LogP contribution in [0.25, 0.3) is 0 Å². The van der Waals surface area contributed by atoms with Crippen molar-refractivity contribution in [2.45, 2.75) is 31.2 Å². The molecule has 1 unspecified atom stereocenters. The number of aliphatic hydroxyl groups is 1. The van der Waals surface area contributed by atoms with Crippen molar-refractivity contribution in [3.8, 4) is 0 Å². The Hall–Kier alpha value is -0.900. The number of nitrogens with one attached hydrogen (secondary N) is 1. The maximum absolute atomic E-state index is 9.77. The first-order chi connectivity index (χ1) is 9.30. The summed E-state index contributed by atoms with van der Waals surface area (Å²) < 4.78 is 5.71. The Morgan fingerprint density at radius 1 is 1.26 bits per heavy atom. The molecule has 1 aliphatic rings. The van der Waals surface area contributed by atoms with Gasteiger partial charge in [0.15, 0.2) is 0 Å². The molecule has 106 valence electrons. The van der Waals surface area contributed by atoms with Crippen LogP contribution < -0.4 is 5.32 Å². The summed E-state index contributed by atoms with van der Waals surface area (Å²) in [6.45, 7) is 1.62. The summed E-state index contributed by atoms with van der Waals surface area (Å²) >= 11 is 0. The highest BCUT2D eigenvalue weighted by molar-refractivity contribution is 5.24. The minimum Gasteiger partial charge on any atom is -0.394 e. The van der Waals surface area contributed by atoms with Crippen molar-refractivity contribution in [3.63, 3.8) is 0 Å². The molecule has 3 nitrogen and oxygen atoms in total. The van der Waals surface area contributed by atoms with Gasteiger partial charge in [0.2, 0.25) is 0 Å². The summed E-state index contributed by atoms with van der Waals surface area (Å²) in [5.74, 6) is 0.918. The normalized spacial score (nSPS) is 18.2. The van der Waals surface area contributed by atoms with Gasteiger partial charge in [-0.05, 0) is 31.4 Å². The Morgan fingerprint density at radius 2 is 2.00 bits per heavy atom. The Bertz CT molecular complexity index is 358. The first-order valence-corrected chi connectivity index (χ1v) is 7.24. The number of aliphatic hydroxyl groups excluding tert-OH is 1. The first kappa shape index (κ1) is 14.5. The molecule has 0 aromatic heterocycles. The van der Waals surface area contributed by atoms with Crippen molar-refractivity contribution in [2.24, 2.45) is 5.92 Å². The third-order valence-electron chi connectivity index (χ3n) is 4.12. The smallest absolute Gasteiger partial charge is 0.0688 e. The minimum atomic E-state index is -0.388. The predicted molar refractivity (Wildman–Crippen MR) is 77.0 cm³/mol. The Balaban J connectivity index is 1.83. The van der Waals surface area contributed by atoms with Crippen LogP contribution in [0, 0.1) is 5.92 Å². The molecule has 1 aromatic carbocycles. The summed E-state index contributed by atoms with van der Waals surface area (Å²) in [5.41, 5.74) is 0.728. The molecule has 0 radical (unpaired) electrons. The van der Waals surface area contributed by atoms with Gasteiger partial charge in [0.05, 0.1) is 12.1 Å². The summed E-state index contributed by atoms with van der Waals surface area (Å²) in [5, 5.41) is 13.0. The van der Waals surface area contributed by atoms with E-state index >= 15 is 0 Å². The molecule has 1 saturated carbocycles. The number of rotatable bonds is 9. The van der Waals surface area contributed by atoms with E-state index in [1.807, 2.05) is 25.2 Å². The van der Waals surface area contributed by atoms with Crippen LogP contribution in [0.15, 0.2) is 30.3 Å². The van der Waals surface area contributed by atoms with Crippen molar-refractivity contribution in [3.05, 3.63) is 35.9 Å². The van der Waals surface area contributed by atoms with Gasteiger partial charge in [0, 0.05) is 13.2 Å². The number of likely N-dealkylation sites (N-methyl/N-ethyl adjacent to an activating group) is 1. The van der Waals surface area contributed by atoms with Crippen LogP contribution in [0.4, 0.5) is 0 Å². The van der Waals surface area contributed by atoms with Crippen molar-refractivity contribution >= 4 is 0 Å². The zero-order valence-electron chi connectivity index (χ0n) is 11.8. The van der Waals surface area contributed by atoms with Crippen molar-refractivity contribution < 1.29 is 9.84 Å². The van der Waals surface area contributed by atoms with Gasteiger partial charge < -0.3 is 15.2 Å². The van der Waals surface area contributed by atoms with E-state index in [0.29, 0.717) is 6.61 Å². The third kappa shape index (κ3) is 4.03. The molecule has 0 aliphatic heterocycles. The second-order valence-corrected chi connectivity index (χ2v) is 5.45. The molecule has 0 spiro atoms. The van der Waals surface area contributed by atoms with E-state index in [9.17, 15) is 5.11 Å². The van der Waals surface area contributed by atoms with E-state index in [1.165, 1.54) is 19.3 Å². The van der Waals surface area contributed by atoms with Crippen LogP contribution in [-0.4, -0.2) is 32.0 Å². The average Bonchev–Trinajstić information content (AvgIpc) is 3.28. The van der Waals surface area contributed by atoms with Crippen LogP contribution >= 0.6 is 0 Å². The van der Waals surface area contributed by atoms with Gasteiger partial charge in [0.25, 0.3) is 0 Å². The largest absolute Gasteiger partial charge is 0.394 e. The number of ether oxygens (including phenoxy) is 1. The number of benzene rings is 1. The van der Waals surface area contributed by atoms with Crippen LogP contribution in [0.3, 0.4) is 0 Å². The van der Waals surface area contributed by atoms with Gasteiger partial charge in [-0.2, -0.15) is 0 Å². The Kier molecular flexibility index (Phi) is 5.37. The maximum atomic E-state index is 9.77. The van der Waals surface area contributed by atoms with Crippen LogP contribution in [0.5, 0.6) is 0 Å². The fourth-order valence-electron chi connectivity index (χ4n) is 2.43. The maximum Gasteiger partial charge on any atom is 0.0688 e. The zero-order valence-corrected chi connectivity index (χ0v) is 11.8. The Labute approximate surface area is 116 Å². The molecule has 0 bridgehead atoms. The van der Waals surface area contributed by atoms with E-state index in [4.69, 9.17) is 4.74 Å². The molecule has 2 rings (SSSR count). The molecule has 0 amide bonds. The van der Waals surface area contributed by atoms with Gasteiger partial charge in [-0.15, -0.1) is 0 Å². The average molecular weight is 263 g/mol. The van der Waals surface area contributed by atoms with Crippen LogP contribution in [0.2, 0.25) is 0 Å². The molecule has 1 aliphatic carbocycles. The first-order valence-electron chi connectivity index (χ1n) is 7.24. The zero-order chi connectivity index (χ0) is 13.6. The lowest BCUT2D eigenvalue weighted by Gasteiger charge is -2.32. The summed E-state index contributed by atoms with van der Waals surface area (Å²) in [6, 6.07) is 10.1. The van der Waals surface area contributed by atoms with Crippen LogP contribution in [-0.2, 0) is 10.3 Å². The van der Waals surface area contributed by atoms with Gasteiger partial charge in [-0.1, -0.05) is 43.2 Å². The van der Waals surface area contributed by atoms with Gasteiger partial charge in [-0.25, -0.2) is 0 Å². The molecule has 19 heavy (non-hydrogen) atoms. The fourth-order valence-corrected chi connectivity index (χ4v) is 2.43. The molecular weight excluding hydrogens is 238 g/mol. The van der Waals surface area contributed by atoms with E-state index in [1.54, 1.807) is 0 Å². The van der Waals surface area contributed by atoms with Gasteiger partial charge in [0.1, 0.15) is 0 Å². The summed E-state index contributed by atoms with van der Waals surface area (Å²) in [6.07, 6.45) is 4.74. The van der Waals surface area contributed by atoms with Crippen molar-refractivity contribution in [1.29, 1.82) is 0 Å². The Morgan fingerprint density at radius 3 is 2.58 bits per heavy atom. The second-order valence-electron chi connectivity index (χ2n) is 5.45. The lowest BCUT2D eigenvalue weighted by molar-refractivity contribution is 0.0792. The highest BCUT2D eigenvalue weighted by Gasteiger charge is 2.29. The molecule has 1 aromatic rings. The number of hydrogen-bond donors (Lipinski definition) is 2. The molecule has 1 fully saturated rings. The predicted octanol–water partition coefficient (Wildman–Crippen LogP) is 2.30. The van der Waals surface area contributed by atoms with E-state index < -0.39 is 0 Å². The summed E-state index contributed by atoms with van der Waals surface area (Å²) in [4.78, 5) is 0. The van der Waals surface area contributed by atoms with Crippen molar-refractivity contribution in [2.75, 3.05) is 26.9 Å². The standard InChI is InChI=1S/C16H25NO2/c1-17-16(13-18,15-5-3-2-4-6-15)10-12-19-11-9-14-7-8-14/h2-6,14,17-18H,7-13H2,1H3. The monoisotopic (exact) mass is 263 g/mol. The molecule has 0 heterocycles. The highest BCUT2D eigenvalue weighted by Crippen LogP contribution is 2.32. The summed E-state index contributed by atoms with van der Waals surface area (Å²) in [7, 11) is 1.90. The third-order valence-corrected chi connectivity index (χ3v) is 4.12. The number of hydrogen-bond acceptors (Lipinski definition) is 3. The fraction of sp³-hybridized carbons (Fsp3) is 0.625. The van der Waals surface area contributed by atoms with E-state index in [0.717, 1.165) is 24.5 Å². The molecule has 3 heteroatoms. The van der Waals surface area contributed by atoms with E-state index in [-0.39, 0.29) is 12.1 Å². The lowest BCUT2D eigenvalue weighted by atomic mass is 9.88. The second kappa shape index (κ2) is 7.04. The molecule has 2 N–H and O–H groups in total.